The first-order valence-electron chi connectivity index (χ1n) is 5.98. The van der Waals surface area contributed by atoms with E-state index in [1.165, 1.54) is 5.57 Å². The van der Waals surface area contributed by atoms with E-state index in [4.69, 9.17) is 0 Å². The fourth-order valence-corrected chi connectivity index (χ4v) is 1.53. The van der Waals surface area contributed by atoms with Gasteiger partial charge in [0.25, 0.3) is 0 Å². The fourth-order valence-electron chi connectivity index (χ4n) is 1.53. The average Bonchev–Trinajstić information content (AvgIpc) is 2.23. The minimum absolute atomic E-state index is 0.0555. The molecule has 0 radical (unpaired) electrons. The highest BCUT2D eigenvalue weighted by Gasteiger charge is 2.37. The molecule has 0 spiro atoms. The summed E-state index contributed by atoms with van der Waals surface area (Å²) < 4.78 is 0. The maximum atomic E-state index is 3.40. The van der Waals surface area contributed by atoms with Gasteiger partial charge in [0.15, 0.2) is 0 Å². The number of allylic oxidation sites excluding steroid dienone is 5. The second-order valence-electron chi connectivity index (χ2n) is 5.15. The first-order chi connectivity index (χ1) is 7.33. The third-order valence-electron chi connectivity index (χ3n) is 3.72. The van der Waals surface area contributed by atoms with Gasteiger partial charge < -0.3 is 5.32 Å². The molecule has 0 bridgehead atoms. The van der Waals surface area contributed by atoms with Crippen molar-refractivity contribution in [3.05, 3.63) is 36.0 Å². The lowest BCUT2D eigenvalue weighted by atomic mass is 9.69. The van der Waals surface area contributed by atoms with Crippen LogP contribution in [0.25, 0.3) is 0 Å². The fraction of sp³-hybridized carbons (Fsp3) is 0.600. The summed E-state index contributed by atoms with van der Waals surface area (Å²) in [4.78, 5) is 0. The Morgan fingerprint density at radius 1 is 1.00 bits per heavy atom. The molecule has 0 heterocycles. The molecule has 0 fully saturated rings. The molecule has 1 heteroatoms. The lowest BCUT2D eigenvalue weighted by molar-refractivity contribution is 0.214. The van der Waals surface area contributed by atoms with E-state index < -0.39 is 0 Å². The summed E-state index contributed by atoms with van der Waals surface area (Å²) >= 11 is 0. The van der Waals surface area contributed by atoms with Crippen molar-refractivity contribution < 1.29 is 0 Å². The molecule has 0 aromatic rings. The summed E-state index contributed by atoms with van der Waals surface area (Å²) in [6, 6.07) is 0. The quantitative estimate of drug-likeness (QED) is 0.690. The van der Waals surface area contributed by atoms with Gasteiger partial charge in [0.05, 0.1) is 0 Å². The summed E-state index contributed by atoms with van der Waals surface area (Å²) in [7, 11) is 2.02. The molecule has 0 saturated heterocycles. The van der Waals surface area contributed by atoms with Gasteiger partial charge in [-0.2, -0.15) is 0 Å². The van der Waals surface area contributed by atoms with Gasteiger partial charge in [0.1, 0.15) is 0 Å². The molecule has 0 aliphatic rings. The molecule has 0 saturated carbocycles. The predicted molar refractivity (Wildman–Crippen MR) is 74.6 cm³/mol. The maximum absolute atomic E-state index is 3.40. The van der Waals surface area contributed by atoms with Crippen molar-refractivity contribution in [1.29, 1.82) is 0 Å². The van der Waals surface area contributed by atoms with Gasteiger partial charge >= 0.3 is 0 Å². The van der Waals surface area contributed by atoms with Gasteiger partial charge in [-0.15, -0.1) is 0 Å². The molecule has 0 atom stereocenters. The Kier molecular flexibility index (Phi) is 5.74. The van der Waals surface area contributed by atoms with Crippen molar-refractivity contribution in [2.45, 2.75) is 47.1 Å². The Hall–Kier alpha value is -0.820. The van der Waals surface area contributed by atoms with E-state index in [-0.39, 0.29) is 11.0 Å². The minimum Gasteiger partial charge on any atom is -0.314 e. The van der Waals surface area contributed by atoms with Crippen LogP contribution in [-0.4, -0.2) is 12.6 Å². The summed E-state index contributed by atoms with van der Waals surface area (Å²) in [5, 5.41) is 3.40. The number of rotatable bonds is 5. The van der Waals surface area contributed by atoms with E-state index in [1.807, 2.05) is 14.0 Å². The van der Waals surface area contributed by atoms with Gasteiger partial charge in [0.2, 0.25) is 0 Å². The van der Waals surface area contributed by atoms with Crippen molar-refractivity contribution in [3.63, 3.8) is 0 Å². The Morgan fingerprint density at radius 3 is 1.94 bits per heavy atom. The molecule has 0 aromatic carbocycles. The third-order valence-corrected chi connectivity index (χ3v) is 3.72. The largest absolute Gasteiger partial charge is 0.314 e. The van der Waals surface area contributed by atoms with Crippen LogP contribution in [0.15, 0.2) is 36.0 Å². The molecule has 1 N–H and O–H groups in total. The monoisotopic (exact) mass is 221 g/mol. The molecule has 0 amide bonds. The molecular formula is C15H27N. The van der Waals surface area contributed by atoms with Crippen molar-refractivity contribution in [1.82, 2.24) is 5.32 Å². The lowest BCUT2D eigenvalue weighted by Gasteiger charge is -2.42. The normalized spacial score (nSPS) is 15.3. The van der Waals surface area contributed by atoms with Crippen LogP contribution in [0.4, 0.5) is 0 Å². The average molecular weight is 221 g/mol. The second-order valence-corrected chi connectivity index (χ2v) is 5.15. The van der Waals surface area contributed by atoms with E-state index in [0.717, 1.165) is 0 Å². The standard InChI is InChI=1S/C15H27N/c1-8-10-12-13(11-9-2)14(3,4)15(5,6)16-7/h8-12,16H,1-7H3/b10-8-,11-9-,13-12+. The summed E-state index contributed by atoms with van der Waals surface area (Å²) in [6.45, 7) is 13.1. The number of hydrogen-bond donors (Lipinski definition) is 1. The van der Waals surface area contributed by atoms with E-state index >= 15 is 0 Å². The highest BCUT2D eigenvalue weighted by atomic mass is 14.9. The Labute approximate surface area is 101 Å². The van der Waals surface area contributed by atoms with Crippen LogP contribution >= 0.6 is 0 Å². The van der Waals surface area contributed by atoms with Crippen LogP contribution in [0, 0.1) is 5.41 Å². The predicted octanol–water partition coefficient (Wildman–Crippen LogP) is 4.09. The van der Waals surface area contributed by atoms with Crippen molar-refractivity contribution >= 4 is 0 Å². The zero-order chi connectivity index (χ0) is 12.8. The SMILES string of the molecule is C\C=C/C=C(\C=C/C)C(C)(C)C(C)(C)NC. The van der Waals surface area contributed by atoms with Crippen LogP contribution in [0.3, 0.4) is 0 Å². The topological polar surface area (TPSA) is 12.0 Å². The molecule has 92 valence electrons. The zero-order valence-electron chi connectivity index (χ0n) is 11.9. The van der Waals surface area contributed by atoms with Crippen LogP contribution in [-0.2, 0) is 0 Å². The van der Waals surface area contributed by atoms with E-state index in [2.05, 4.69) is 70.3 Å². The Balaban J connectivity index is 5.36. The molecule has 0 aromatic heterocycles. The molecule has 16 heavy (non-hydrogen) atoms. The summed E-state index contributed by atoms with van der Waals surface area (Å²) in [5.41, 5.74) is 1.47. The van der Waals surface area contributed by atoms with E-state index in [9.17, 15) is 0 Å². The van der Waals surface area contributed by atoms with Gasteiger partial charge in [-0.05, 0) is 40.3 Å². The first-order valence-corrected chi connectivity index (χ1v) is 5.98. The van der Waals surface area contributed by atoms with Crippen LogP contribution < -0.4 is 5.32 Å². The molecule has 0 aliphatic carbocycles. The van der Waals surface area contributed by atoms with Crippen molar-refractivity contribution in [3.8, 4) is 0 Å². The summed E-state index contributed by atoms with van der Waals surface area (Å²) in [5.74, 6) is 0. The molecular weight excluding hydrogens is 194 g/mol. The molecule has 0 unspecified atom stereocenters. The van der Waals surface area contributed by atoms with Gasteiger partial charge in [-0.3, -0.25) is 0 Å². The molecule has 0 aliphatic heterocycles. The zero-order valence-corrected chi connectivity index (χ0v) is 11.9. The Bertz CT molecular complexity index is 291. The van der Waals surface area contributed by atoms with Crippen LogP contribution in [0.1, 0.15) is 41.5 Å². The smallest absolute Gasteiger partial charge is 0.0213 e. The summed E-state index contributed by atoms with van der Waals surface area (Å²) in [6.07, 6.45) is 10.6. The Morgan fingerprint density at radius 2 is 1.56 bits per heavy atom. The van der Waals surface area contributed by atoms with Crippen LogP contribution in [0.2, 0.25) is 0 Å². The second kappa shape index (κ2) is 6.05. The van der Waals surface area contributed by atoms with Gasteiger partial charge in [-0.25, -0.2) is 0 Å². The highest BCUT2D eigenvalue weighted by molar-refractivity contribution is 5.32. The molecule has 1 nitrogen and oxygen atoms in total. The number of hydrogen-bond acceptors (Lipinski definition) is 1. The first kappa shape index (κ1) is 15.2. The van der Waals surface area contributed by atoms with Gasteiger partial charge in [-0.1, -0.05) is 44.2 Å². The van der Waals surface area contributed by atoms with E-state index in [1.54, 1.807) is 0 Å². The van der Waals surface area contributed by atoms with Crippen molar-refractivity contribution in [2.24, 2.45) is 5.41 Å². The lowest BCUT2D eigenvalue weighted by Crippen LogP contribution is -2.50. The maximum Gasteiger partial charge on any atom is 0.0213 e. The molecule has 0 rings (SSSR count). The van der Waals surface area contributed by atoms with Crippen LogP contribution in [0.5, 0.6) is 0 Å². The van der Waals surface area contributed by atoms with Gasteiger partial charge in [0, 0.05) is 11.0 Å². The number of nitrogens with one attached hydrogen (secondary N) is 1. The van der Waals surface area contributed by atoms with Crippen molar-refractivity contribution in [2.75, 3.05) is 7.05 Å². The minimum atomic E-state index is 0.0555. The highest BCUT2D eigenvalue weighted by Crippen LogP contribution is 2.38. The third kappa shape index (κ3) is 3.34. The van der Waals surface area contributed by atoms with E-state index in [0.29, 0.717) is 0 Å².